The molecule has 1 atom stereocenters. The van der Waals surface area contributed by atoms with Gasteiger partial charge in [-0.2, -0.15) is 0 Å². The Labute approximate surface area is 118 Å². The first-order valence-electron chi connectivity index (χ1n) is 6.72. The zero-order chi connectivity index (χ0) is 13.9. The molecule has 0 bridgehead atoms. The van der Waals surface area contributed by atoms with Crippen LogP contribution in [0.1, 0.15) is 18.1 Å². The summed E-state index contributed by atoms with van der Waals surface area (Å²) in [6.07, 6.45) is 0.623. The molecule has 2 aromatic rings. The van der Waals surface area contributed by atoms with Gasteiger partial charge in [0.2, 0.25) is 5.91 Å². The quantitative estimate of drug-likeness (QED) is 0.890. The van der Waals surface area contributed by atoms with Crippen LogP contribution in [-0.4, -0.2) is 17.7 Å². The van der Waals surface area contributed by atoms with Crippen LogP contribution in [0.15, 0.2) is 59.6 Å². The third-order valence-electron chi connectivity index (χ3n) is 3.50. The fourth-order valence-electron chi connectivity index (χ4n) is 2.46. The van der Waals surface area contributed by atoms with Crippen molar-refractivity contribution in [3.63, 3.8) is 0 Å². The fraction of sp³-hybridized carbons (Fsp3) is 0.176. The first-order chi connectivity index (χ1) is 9.74. The van der Waals surface area contributed by atoms with E-state index < -0.39 is 0 Å². The summed E-state index contributed by atoms with van der Waals surface area (Å²) in [5.74, 6) is -0.0434. The van der Waals surface area contributed by atoms with Crippen molar-refractivity contribution >= 4 is 17.3 Å². The van der Waals surface area contributed by atoms with Gasteiger partial charge >= 0.3 is 0 Å². The Bertz CT molecular complexity index is 662. The highest BCUT2D eigenvalue weighted by atomic mass is 16.2. The Morgan fingerprint density at radius 3 is 2.55 bits per heavy atom. The van der Waals surface area contributed by atoms with E-state index in [9.17, 15) is 4.79 Å². The second-order valence-corrected chi connectivity index (χ2v) is 4.95. The van der Waals surface area contributed by atoms with Crippen molar-refractivity contribution in [1.82, 2.24) is 0 Å². The summed E-state index contributed by atoms with van der Waals surface area (Å²) < 4.78 is 0. The van der Waals surface area contributed by atoms with Gasteiger partial charge in [0.15, 0.2) is 0 Å². The monoisotopic (exact) mass is 264 g/mol. The Kier molecular flexibility index (Phi) is 3.33. The summed E-state index contributed by atoms with van der Waals surface area (Å²) in [4.78, 5) is 16.9. The van der Waals surface area contributed by atoms with E-state index in [2.05, 4.69) is 10.3 Å². The number of carbonyl (C=O) groups is 1. The number of fused-ring (bicyclic) bond motifs is 1. The van der Waals surface area contributed by atoms with E-state index >= 15 is 0 Å². The number of aliphatic imine (C=N–C) groups is 1. The van der Waals surface area contributed by atoms with Crippen LogP contribution in [-0.2, 0) is 11.2 Å². The lowest BCUT2D eigenvalue weighted by atomic mass is 10.1. The molecule has 1 N–H and O–H groups in total. The second-order valence-electron chi connectivity index (χ2n) is 4.95. The zero-order valence-electron chi connectivity index (χ0n) is 11.3. The number of amides is 1. The van der Waals surface area contributed by atoms with E-state index in [0.29, 0.717) is 6.42 Å². The maximum Gasteiger partial charge on any atom is 0.249 e. The SMILES string of the molecule is CC1=NC(Cc2ccccc2)C(=O)Nc2ccccc21. The van der Waals surface area contributed by atoms with Gasteiger partial charge in [0.1, 0.15) is 6.04 Å². The number of anilines is 1. The molecule has 1 aliphatic heterocycles. The van der Waals surface area contributed by atoms with E-state index in [1.807, 2.05) is 61.5 Å². The molecule has 0 radical (unpaired) electrons. The van der Waals surface area contributed by atoms with Crippen molar-refractivity contribution in [3.05, 3.63) is 65.7 Å². The highest BCUT2D eigenvalue weighted by molar-refractivity contribution is 6.10. The molecule has 1 amide bonds. The predicted octanol–water partition coefficient (Wildman–Crippen LogP) is 3.06. The van der Waals surface area contributed by atoms with Crippen LogP contribution in [0.3, 0.4) is 0 Å². The normalized spacial score (nSPS) is 17.8. The highest BCUT2D eigenvalue weighted by Crippen LogP contribution is 2.21. The number of nitrogens with zero attached hydrogens (tertiary/aromatic N) is 1. The molecule has 2 aromatic carbocycles. The van der Waals surface area contributed by atoms with Gasteiger partial charge in [-0.3, -0.25) is 9.79 Å². The van der Waals surface area contributed by atoms with E-state index in [-0.39, 0.29) is 11.9 Å². The maximum atomic E-state index is 12.3. The molecule has 0 saturated carbocycles. The lowest BCUT2D eigenvalue weighted by Gasteiger charge is -2.10. The summed E-state index contributed by atoms with van der Waals surface area (Å²) in [5, 5.41) is 2.97. The van der Waals surface area contributed by atoms with Crippen LogP contribution in [0.25, 0.3) is 0 Å². The molecular formula is C17H16N2O. The maximum absolute atomic E-state index is 12.3. The van der Waals surface area contributed by atoms with Crippen molar-refractivity contribution in [2.75, 3.05) is 5.32 Å². The summed E-state index contributed by atoms with van der Waals surface area (Å²) >= 11 is 0. The number of para-hydroxylation sites is 1. The summed E-state index contributed by atoms with van der Waals surface area (Å²) in [7, 11) is 0. The summed E-state index contributed by atoms with van der Waals surface area (Å²) in [5.41, 5.74) is 3.86. The smallest absolute Gasteiger partial charge is 0.249 e. The Morgan fingerprint density at radius 1 is 1.05 bits per heavy atom. The van der Waals surface area contributed by atoms with E-state index in [0.717, 1.165) is 22.5 Å². The van der Waals surface area contributed by atoms with Crippen LogP contribution >= 0.6 is 0 Å². The molecule has 3 heteroatoms. The third-order valence-corrected chi connectivity index (χ3v) is 3.50. The number of benzene rings is 2. The van der Waals surface area contributed by atoms with Crippen LogP contribution in [0.2, 0.25) is 0 Å². The summed E-state index contributed by atoms with van der Waals surface area (Å²) in [6.45, 7) is 1.96. The molecule has 100 valence electrons. The Balaban J connectivity index is 1.92. The van der Waals surface area contributed by atoms with Crippen molar-refractivity contribution < 1.29 is 4.79 Å². The van der Waals surface area contributed by atoms with Crippen LogP contribution in [0.4, 0.5) is 5.69 Å². The average Bonchev–Trinajstić information content (AvgIpc) is 2.58. The van der Waals surface area contributed by atoms with Gasteiger partial charge in [-0.25, -0.2) is 0 Å². The molecule has 0 aliphatic carbocycles. The molecule has 1 heterocycles. The predicted molar refractivity (Wildman–Crippen MR) is 81.2 cm³/mol. The number of carbonyl (C=O) groups excluding carboxylic acids is 1. The molecule has 0 saturated heterocycles. The Morgan fingerprint density at radius 2 is 1.75 bits per heavy atom. The molecule has 0 aromatic heterocycles. The first-order valence-corrected chi connectivity index (χ1v) is 6.72. The van der Waals surface area contributed by atoms with Gasteiger partial charge < -0.3 is 5.32 Å². The van der Waals surface area contributed by atoms with Crippen molar-refractivity contribution in [2.45, 2.75) is 19.4 Å². The standard InChI is InChI=1S/C17H16N2O/c1-12-14-9-5-6-10-15(14)19-17(20)16(18-12)11-13-7-3-2-4-8-13/h2-10,16H,11H2,1H3,(H,19,20). The van der Waals surface area contributed by atoms with Gasteiger partial charge in [0.25, 0.3) is 0 Å². The van der Waals surface area contributed by atoms with Gasteiger partial charge in [-0.05, 0) is 18.6 Å². The van der Waals surface area contributed by atoms with Crippen LogP contribution < -0.4 is 5.32 Å². The largest absolute Gasteiger partial charge is 0.324 e. The summed E-state index contributed by atoms with van der Waals surface area (Å²) in [6, 6.07) is 17.4. The molecular weight excluding hydrogens is 248 g/mol. The molecule has 20 heavy (non-hydrogen) atoms. The van der Waals surface area contributed by atoms with Crippen molar-refractivity contribution in [3.8, 4) is 0 Å². The lowest BCUT2D eigenvalue weighted by molar-refractivity contribution is -0.117. The highest BCUT2D eigenvalue weighted by Gasteiger charge is 2.23. The minimum absolute atomic E-state index is 0.0434. The van der Waals surface area contributed by atoms with E-state index in [4.69, 9.17) is 0 Å². The van der Waals surface area contributed by atoms with Gasteiger partial charge in [0.05, 0.1) is 0 Å². The minimum atomic E-state index is -0.371. The van der Waals surface area contributed by atoms with Crippen molar-refractivity contribution in [1.29, 1.82) is 0 Å². The van der Waals surface area contributed by atoms with Gasteiger partial charge in [0, 0.05) is 23.4 Å². The minimum Gasteiger partial charge on any atom is -0.324 e. The van der Waals surface area contributed by atoms with Crippen molar-refractivity contribution in [2.24, 2.45) is 4.99 Å². The number of rotatable bonds is 2. The molecule has 0 fully saturated rings. The van der Waals surface area contributed by atoms with Crippen LogP contribution in [0, 0.1) is 0 Å². The van der Waals surface area contributed by atoms with Gasteiger partial charge in [-0.15, -0.1) is 0 Å². The fourth-order valence-corrected chi connectivity index (χ4v) is 2.46. The lowest BCUT2D eigenvalue weighted by Crippen LogP contribution is -2.27. The number of benzodiazepines with no additional fused rings is 1. The molecule has 1 unspecified atom stereocenters. The molecule has 3 nitrogen and oxygen atoms in total. The number of nitrogens with one attached hydrogen (secondary N) is 1. The first kappa shape index (κ1) is 12.6. The van der Waals surface area contributed by atoms with E-state index in [1.54, 1.807) is 0 Å². The molecule has 1 aliphatic rings. The zero-order valence-corrected chi connectivity index (χ0v) is 11.3. The topological polar surface area (TPSA) is 41.5 Å². The second kappa shape index (κ2) is 5.29. The van der Waals surface area contributed by atoms with E-state index in [1.165, 1.54) is 0 Å². The van der Waals surface area contributed by atoms with Gasteiger partial charge in [-0.1, -0.05) is 48.5 Å². The number of hydrogen-bond acceptors (Lipinski definition) is 2. The van der Waals surface area contributed by atoms with Crippen LogP contribution in [0.5, 0.6) is 0 Å². The number of hydrogen-bond donors (Lipinski definition) is 1. The molecule has 3 rings (SSSR count). The average molecular weight is 264 g/mol. The Hall–Kier alpha value is -2.42. The molecule has 0 spiro atoms. The third kappa shape index (κ3) is 2.48.